The van der Waals surface area contributed by atoms with Crippen LogP contribution in [0.3, 0.4) is 0 Å². The summed E-state index contributed by atoms with van der Waals surface area (Å²) in [6, 6.07) is 4.61. The van der Waals surface area contributed by atoms with Gasteiger partial charge in [0.25, 0.3) is 0 Å². The number of nitrogens with zero attached hydrogens (tertiary/aromatic N) is 1. The van der Waals surface area contributed by atoms with Gasteiger partial charge in [-0.2, -0.15) is 4.98 Å². The van der Waals surface area contributed by atoms with E-state index < -0.39 is 0 Å². The number of ether oxygens (including phenoxy) is 1. The number of nitrogens with one attached hydrogen (secondary N) is 2. The lowest BCUT2D eigenvalue weighted by atomic mass is 10.2. The Kier molecular flexibility index (Phi) is 2.73. The molecule has 0 radical (unpaired) electrons. The fourth-order valence-corrected chi connectivity index (χ4v) is 2.30. The molecule has 0 saturated carbocycles. The third-order valence-corrected chi connectivity index (χ3v) is 3.26. The second-order valence-corrected chi connectivity index (χ2v) is 4.63. The molecule has 4 heteroatoms. The number of hydrogen-bond acceptors (Lipinski definition) is 3. The van der Waals surface area contributed by atoms with E-state index in [-0.39, 0.29) is 0 Å². The van der Waals surface area contributed by atoms with Crippen LogP contribution in [0.25, 0.3) is 11.0 Å². The Morgan fingerprint density at radius 2 is 2.47 bits per heavy atom. The summed E-state index contributed by atoms with van der Waals surface area (Å²) in [4.78, 5) is 7.60. The summed E-state index contributed by atoms with van der Waals surface area (Å²) < 4.78 is 5.80. The van der Waals surface area contributed by atoms with Gasteiger partial charge >= 0.3 is 0 Å². The van der Waals surface area contributed by atoms with Crippen molar-refractivity contribution < 1.29 is 4.74 Å². The van der Waals surface area contributed by atoms with E-state index in [1.165, 1.54) is 12.8 Å². The molecule has 1 aliphatic rings. The zero-order valence-corrected chi connectivity index (χ0v) is 9.99. The zero-order valence-electron chi connectivity index (χ0n) is 9.99. The van der Waals surface area contributed by atoms with Gasteiger partial charge in [0.2, 0.25) is 5.88 Å². The van der Waals surface area contributed by atoms with E-state index in [0.717, 1.165) is 29.0 Å². The Hall–Kier alpha value is -1.55. The van der Waals surface area contributed by atoms with Crippen molar-refractivity contribution in [2.45, 2.75) is 25.8 Å². The van der Waals surface area contributed by atoms with Crippen molar-refractivity contribution in [2.75, 3.05) is 13.2 Å². The molecule has 0 aliphatic carbocycles. The van der Waals surface area contributed by atoms with E-state index in [0.29, 0.717) is 12.6 Å². The molecule has 4 nitrogen and oxygen atoms in total. The van der Waals surface area contributed by atoms with Gasteiger partial charge in [-0.05, 0) is 38.4 Å². The van der Waals surface area contributed by atoms with Gasteiger partial charge in [-0.1, -0.05) is 0 Å². The number of rotatable bonds is 3. The number of H-pyrrole nitrogens is 1. The molecule has 3 heterocycles. The van der Waals surface area contributed by atoms with E-state index in [2.05, 4.69) is 21.4 Å². The van der Waals surface area contributed by atoms with Crippen LogP contribution < -0.4 is 10.1 Å². The van der Waals surface area contributed by atoms with Gasteiger partial charge in [-0.15, -0.1) is 0 Å². The Balaban J connectivity index is 1.76. The molecule has 0 spiro atoms. The third kappa shape index (κ3) is 2.13. The molecular formula is C13H17N3O. The normalized spacial score (nSPS) is 19.9. The van der Waals surface area contributed by atoms with Crippen molar-refractivity contribution in [3.8, 4) is 5.88 Å². The first-order valence-corrected chi connectivity index (χ1v) is 6.14. The molecule has 2 N–H and O–H groups in total. The topological polar surface area (TPSA) is 49.9 Å². The standard InChI is InChI=1S/C13H17N3O/c1-9-7-10-4-6-15-12(10)16-13(9)17-8-11-3-2-5-14-11/h4,6-7,11,14H,2-3,5,8H2,1H3,(H,15,16). The third-order valence-electron chi connectivity index (χ3n) is 3.26. The molecule has 2 aromatic rings. The van der Waals surface area contributed by atoms with Crippen LogP contribution in [-0.2, 0) is 0 Å². The van der Waals surface area contributed by atoms with Gasteiger partial charge < -0.3 is 15.0 Å². The zero-order chi connectivity index (χ0) is 11.7. The van der Waals surface area contributed by atoms with E-state index in [9.17, 15) is 0 Å². The fraction of sp³-hybridized carbons (Fsp3) is 0.462. The van der Waals surface area contributed by atoms with Crippen LogP contribution in [0.15, 0.2) is 18.3 Å². The van der Waals surface area contributed by atoms with Crippen LogP contribution in [0, 0.1) is 6.92 Å². The smallest absolute Gasteiger partial charge is 0.218 e. The summed E-state index contributed by atoms with van der Waals surface area (Å²) in [6.07, 6.45) is 4.35. The number of aromatic nitrogens is 2. The lowest BCUT2D eigenvalue weighted by Crippen LogP contribution is -2.28. The van der Waals surface area contributed by atoms with Gasteiger partial charge in [0.1, 0.15) is 12.3 Å². The van der Waals surface area contributed by atoms with Crippen LogP contribution in [0.2, 0.25) is 0 Å². The first kappa shape index (κ1) is 10.6. The van der Waals surface area contributed by atoms with Crippen molar-refractivity contribution in [3.05, 3.63) is 23.9 Å². The Labute approximate surface area is 100 Å². The van der Waals surface area contributed by atoms with Crippen LogP contribution in [0.1, 0.15) is 18.4 Å². The summed E-state index contributed by atoms with van der Waals surface area (Å²) in [7, 11) is 0. The number of hydrogen-bond donors (Lipinski definition) is 2. The lowest BCUT2D eigenvalue weighted by Gasteiger charge is -2.12. The molecule has 0 aromatic carbocycles. The molecule has 1 unspecified atom stereocenters. The van der Waals surface area contributed by atoms with E-state index >= 15 is 0 Å². The monoisotopic (exact) mass is 231 g/mol. The Morgan fingerprint density at radius 1 is 1.53 bits per heavy atom. The summed E-state index contributed by atoms with van der Waals surface area (Å²) in [5.74, 6) is 0.744. The van der Waals surface area contributed by atoms with Crippen LogP contribution >= 0.6 is 0 Å². The Bertz CT molecular complexity index is 514. The van der Waals surface area contributed by atoms with Crippen LogP contribution in [0.4, 0.5) is 0 Å². The highest BCUT2D eigenvalue weighted by atomic mass is 16.5. The minimum atomic E-state index is 0.482. The number of aromatic amines is 1. The molecule has 1 fully saturated rings. The average molecular weight is 231 g/mol. The molecule has 90 valence electrons. The van der Waals surface area contributed by atoms with Crippen molar-refractivity contribution in [1.29, 1.82) is 0 Å². The molecule has 1 saturated heterocycles. The van der Waals surface area contributed by atoms with E-state index in [1.54, 1.807) is 0 Å². The summed E-state index contributed by atoms with van der Waals surface area (Å²) in [5, 5.41) is 4.55. The first-order chi connectivity index (χ1) is 8.33. The molecule has 0 bridgehead atoms. The highest BCUT2D eigenvalue weighted by Gasteiger charge is 2.15. The highest BCUT2D eigenvalue weighted by molar-refractivity contribution is 5.76. The number of pyridine rings is 1. The number of aryl methyl sites for hydroxylation is 1. The maximum Gasteiger partial charge on any atom is 0.218 e. The molecular weight excluding hydrogens is 214 g/mol. The quantitative estimate of drug-likeness (QED) is 0.849. The molecule has 0 amide bonds. The summed E-state index contributed by atoms with van der Waals surface area (Å²) in [6.45, 7) is 3.85. The largest absolute Gasteiger partial charge is 0.476 e. The van der Waals surface area contributed by atoms with Gasteiger partial charge in [0.15, 0.2) is 0 Å². The van der Waals surface area contributed by atoms with Crippen molar-refractivity contribution in [2.24, 2.45) is 0 Å². The summed E-state index contributed by atoms with van der Waals surface area (Å²) in [5.41, 5.74) is 1.99. The second-order valence-electron chi connectivity index (χ2n) is 4.63. The molecule has 1 aliphatic heterocycles. The van der Waals surface area contributed by atoms with Crippen molar-refractivity contribution in [1.82, 2.24) is 15.3 Å². The fourth-order valence-electron chi connectivity index (χ4n) is 2.30. The SMILES string of the molecule is Cc1cc2cc[nH]c2nc1OCC1CCCN1. The Morgan fingerprint density at radius 3 is 3.29 bits per heavy atom. The van der Waals surface area contributed by atoms with Gasteiger partial charge in [-0.25, -0.2) is 0 Å². The van der Waals surface area contributed by atoms with Gasteiger partial charge in [0.05, 0.1) is 0 Å². The highest BCUT2D eigenvalue weighted by Crippen LogP contribution is 2.21. The minimum Gasteiger partial charge on any atom is -0.476 e. The van der Waals surface area contributed by atoms with Crippen LogP contribution in [0.5, 0.6) is 5.88 Å². The maximum atomic E-state index is 5.80. The lowest BCUT2D eigenvalue weighted by molar-refractivity contribution is 0.266. The first-order valence-electron chi connectivity index (χ1n) is 6.14. The van der Waals surface area contributed by atoms with Gasteiger partial charge in [-0.3, -0.25) is 0 Å². The predicted molar refractivity (Wildman–Crippen MR) is 67.4 cm³/mol. The second kappa shape index (κ2) is 4.37. The minimum absolute atomic E-state index is 0.482. The van der Waals surface area contributed by atoms with Crippen molar-refractivity contribution >= 4 is 11.0 Å². The summed E-state index contributed by atoms with van der Waals surface area (Å²) >= 11 is 0. The number of fused-ring (bicyclic) bond motifs is 1. The molecule has 1 atom stereocenters. The van der Waals surface area contributed by atoms with Crippen LogP contribution in [-0.4, -0.2) is 29.2 Å². The van der Waals surface area contributed by atoms with Crippen molar-refractivity contribution in [3.63, 3.8) is 0 Å². The molecule has 17 heavy (non-hydrogen) atoms. The predicted octanol–water partition coefficient (Wildman–Crippen LogP) is 2.00. The maximum absolute atomic E-state index is 5.80. The molecule has 2 aromatic heterocycles. The van der Waals surface area contributed by atoms with E-state index in [1.807, 2.05) is 19.2 Å². The average Bonchev–Trinajstić information content (AvgIpc) is 2.95. The van der Waals surface area contributed by atoms with Gasteiger partial charge in [0, 0.05) is 23.2 Å². The molecule has 3 rings (SSSR count). The van der Waals surface area contributed by atoms with E-state index in [4.69, 9.17) is 4.74 Å².